The van der Waals surface area contributed by atoms with Crippen molar-refractivity contribution >= 4 is 36.0 Å². The first-order valence-electron chi connectivity index (χ1n) is 12.0. The highest BCUT2D eigenvalue weighted by atomic mass is 19.1. The van der Waals surface area contributed by atoms with Gasteiger partial charge in [-0.3, -0.25) is 9.59 Å². The molecule has 1 amide bonds. The molecule has 0 aliphatic heterocycles. The third kappa shape index (κ3) is 5.72. The van der Waals surface area contributed by atoms with E-state index >= 15 is 0 Å². The van der Waals surface area contributed by atoms with E-state index in [0.29, 0.717) is 16.9 Å². The first kappa shape index (κ1) is 26.4. The Morgan fingerprint density at radius 1 is 1.34 bits per heavy atom. The van der Waals surface area contributed by atoms with Crippen LogP contribution in [0, 0.1) is 5.92 Å². The average molecular weight is 473 g/mol. The van der Waals surface area contributed by atoms with Gasteiger partial charge in [0.05, 0.1) is 19.3 Å². The molecule has 1 N–H and O–H groups in total. The molecule has 1 saturated carbocycles. The Morgan fingerprint density at radius 2 is 2.03 bits per heavy atom. The van der Waals surface area contributed by atoms with E-state index in [-0.39, 0.29) is 23.7 Å². The summed E-state index contributed by atoms with van der Waals surface area (Å²) in [7, 11) is 8.10. The minimum atomic E-state index is -1.08. The molecule has 3 rings (SSSR count). The van der Waals surface area contributed by atoms with Gasteiger partial charge in [0, 0.05) is 30.3 Å². The number of halogens is 1. The molecule has 182 valence electrons. The van der Waals surface area contributed by atoms with Crippen molar-refractivity contribution in [2.45, 2.75) is 59.4 Å². The van der Waals surface area contributed by atoms with Gasteiger partial charge >= 0.3 is 0 Å². The Bertz CT molecular complexity index is 1320. The number of carbonyl (C=O) groups is 1. The van der Waals surface area contributed by atoms with E-state index in [1.165, 1.54) is 5.57 Å². The monoisotopic (exact) mass is 473 g/mol. The van der Waals surface area contributed by atoms with Crippen LogP contribution >= 0.6 is 0 Å². The molecule has 1 fully saturated rings. The van der Waals surface area contributed by atoms with Gasteiger partial charge in [0.25, 0.3) is 5.56 Å². The lowest BCUT2D eigenvalue weighted by Crippen LogP contribution is -2.22. The number of allylic oxidation sites excluding steroid dienone is 8. The second kappa shape index (κ2) is 11.0. The standard InChI is InChI=1S/C28H33BFN3O2/c1-7-10-23(29)20(16(4)8-2)11-17(5)19(9-3)21-12-18-15-31-26(14-25(18)33(6)28(21)35)32-27(34)22-13-24(22)30/h7,9-12,14-15,22-24H,8,13H2,1-6H3,(H,31,32,34)/b10-7-,17-11-,19-9+,20-16-. The lowest BCUT2D eigenvalue weighted by atomic mass is 9.77. The molecule has 1 aliphatic rings. The minimum Gasteiger partial charge on any atom is -0.311 e. The van der Waals surface area contributed by atoms with E-state index < -0.39 is 12.1 Å². The summed E-state index contributed by atoms with van der Waals surface area (Å²) in [6.45, 7) is 10.0. The highest BCUT2D eigenvalue weighted by Crippen LogP contribution is 2.35. The fourth-order valence-electron chi connectivity index (χ4n) is 4.21. The largest absolute Gasteiger partial charge is 0.311 e. The van der Waals surface area contributed by atoms with Crippen molar-refractivity contribution in [2.24, 2.45) is 13.0 Å². The van der Waals surface area contributed by atoms with Crippen LogP contribution in [0.4, 0.5) is 10.2 Å². The molecule has 2 aromatic heterocycles. The van der Waals surface area contributed by atoms with E-state index in [9.17, 15) is 14.0 Å². The number of hydrogen-bond acceptors (Lipinski definition) is 3. The summed E-state index contributed by atoms with van der Waals surface area (Å²) in [5.74, 6) is -0.921. The smallest absolute Gasteiger partial charge is 0.258 e. The zero-order chi connectivity index (χ0) is 25.9. The Balaban J connectivity index is 2.03. The molecular formula is C28H33BFN3O2. The highest BCUT2D eigenvalue weighted by Gasteiger charge is 2.43. The van der Waals surface area contributed by atoms with Crippen molar-refractivity contribution < 1.29 is 9.18 Å². The molecule has 0 aromatic carbocycles. The highest BCUT2D eigenvalue weighted by molar-refractivity contribution is 6.15. The van der Waals surface area contributed by atoms with Crippen LogP contribution in [-0.2, 0) is 11.8 Å². The third-order valence-electron chi connectivity index (χ3n) is 6.57. The summed E-state index contributed by atoms with van der Waals surface area (Å²) in [5, 5.41) is 3.41. The molecule has 0 bridgehead atoms. The van der Waals surface area contributed by atoms with E-state index in [1.807, 2.05) is 45.1 Å². The second-order valence-electron chi connectivity index (χ2n) is 9.07. The van der Waals surface area contributed by atoms with Gasteiger partial charge in [0.2, 0.25) is 5.91 Å². The lowest BCUT2D eigenvalue weighted by molar-refractivity contribution is -0.117. The summed E-state index contributed by atoms with van der Waals surface area (Å²) >= 11 is 0. The molecule has 1 aliphatic carbocycles. The number of carbonyl (C=O) groups excluding carboxylic acids is 1. The third-order valence-corrected chi connectivity index (χ3v) is 6.57. The Hall–Kier alpha value is -3.22. The van der Waals surface area contributed by atoms with Gasteiger partial charge in [0.1, 0.15) is 12.0 Å². The second-order valence-corrected chi connectivity index (χ2v) is 9.07. The van der Waals surface area contributed by atoms with E-state index in [1.54, 1.807) is 23.9 Å². The van der Waals surface area contributed by atoms with Crippen LogP contribution in [-0.4, -0.2) is 29.5 Å². The Kier molecular flexibility index (Phi) is 8.31. The molecule has 2 aromatic rings. The number of nitrogens with one attached hydrogen (secondary N) is 1. The van der Waals surface area contributed by atoms with Crippen LogP contribution in [0.1, 0.15) is 53.0 Å². The number of rotatable bonds is 8. The number of aromatic nitrogens is 2. The van der Waals surface area contributed by atoms with Gasteiger partial charge in [-0.2, -0.15) is 0 Å². The van der Waals surface area contributed by atoms with Crippen molar-refractivity contribution in [3.05, 3.63) is 75.3 Å². The van der Waals surface area contributed by atoms with Crippen molar-refractivity contribution in [3.63, 3.8) is 0 Å². The molecule has 2 heterocycles. The number of pyridine rings is 2. The number of alkyl halides is 1. The van der Waals surface area contributed by atoms with Gasteiger partial charge in [-0.15, -0.1) is 0 Å². The summed E-state index contributed by atoms with van der Waals surface area (Å²) in [4.78, 5) is 29.8. The van der Waals surface area contributed by atoms with Gasteiger partial charge in [-0.05, 0) is 63.6 Å². The van der Waals surface area contributed by atoms with Crippen molar-refractivity contribution in [1.29, 1.82) is 0 Å². The number of amides is 1. The Morgan fingerprint density at radius 3 is 2.60 bits per heavy atom. The van der Waals surface area contributed by atoms with Crippen LogP contribution in [0.15, 0.2) is 64.1 Å². The van der Waals surface area contributed by atoms with E-state index in [4.69, 9.17) is 7.85 Å². The van der Waals surface area contributed by atoms with Crippen LogP contribution < -0.4 is 10.9 Å². The number of aryl methyl sites for hydroxylation is 1. The summed E-state index contributed by atoms with van der Waals surface area (Å²) in [6.07, 6.45) is 9.56. The van der Waals surface area contributed by atoms with Gasteiger partial charge < -0.3 is 9.88 Å². The molecule has 7 heteroatoms. The summed E-state index contributed by atoms with van der Waals surface area (Å²) in [6, 6.07) is 3.47. The van der Waals surface area contributed by atoms with Crippen LogP contribution in [0.3, 0.4) is 0 Å². The van der Waals surface area contributed by atoms with E-state index in [0.717, 1.165) is 28.5 Å². The molecule has 3 atom stereocenters. The first-order valence-corrected chi connectivity index (χ1v) is 12.0. The normalized spacial score (nSPS) is 20.2. The maximum absolute atomic E-state index is 13.4. The van der Waals surface area contributed by atoms with Gasteiger partial charge in [-0.1, -0.05) is 42.4 Å². The van der Waals surface area contributed by atoms with Crippen LogP contribution in [0.25, 0.3) is 16.5 Å². The molecule has 0 spiro atoms. The molecule has 5 nitrogen and oxygen atoms in total. The Labute approximate surface area is 207 Å². The van der Waals surface area contributed by atoms with Crippen molar-refractivity contribution in [2.75, 3.05) is 5.32 Å². The summed E-state index contributed by atoms with van der Waals surface area (Å²) in [5.41, 5.74) is 5.01. The maximum atomic E-state index is 13.4. The molecule has 2 radical (unpaired) electrons. The van der Waals surface area contributed by atoms with Crippen LogP contribution in [0.5, 0.6) is 0 Å². The van der Waals surface area contributed by atoms with Gasteiger partial charge in [-0.25, -0.2) is 9.37 Å². The minimum absolute atomic E-state index is 0.164. The molecule has 0 saturated heterocycles. The molecule has 3 unspecified atom stereocenters. The predicted octanol–water partition coefficient (Wildman–Crippen LogP) is 5.84. The quantitative estimate of drug-likeness (QED) is 0.298. The maximum Gasteiger partial charge on any atom is 0.258 e. The SMILES string of the molecule is [B]C(/C=C\C)C(/C=C(C)\C(=C/C)c1cc2cnc(NC(=O)C3CC3F)cc2n(C)c1=O)=C(/C)CC. The first-order chi connectivity index (χ1) is 16.6. The number of hydrogen-bond donors (Lipinski definition) is 1. The number of nitrogens with zero attached hydrogens (tertiary/aromatic N) is 2. The predicted molar refractivity (Wildman–Crippen MR) is 143 cm³/mol. The lowest BCUT2D eigenvalue weighted by Gasteiger charge is -2.17. The van der Waals surface area contributed by atoms with Crippen molar-refractivity contribution in [1.82, 2.24) is 9.55 Å². The average Bonchev–Trinajstić information content (AvgIpc) is 3.57. The summed E-state index contributed by atoms with van der Waals surface area (Å²) < 4.78 is 14.7. The van der Waals surface area contributed by atoms with E-state index in [2.05, 4.69) is 30.2 Å². The number of anilines is 1. The topological polar surface area (TPSA) is 64.0 Å². The zero-order valence-electron chi connectivity index (χ0n) is 21.4. The fourth-order valence-corrected chi connectivity index (χ4v) is 4.21. The molecule has 35 heavy (non-hydrogen) atoms. The van der Waals surface area contributed by atoms with Crippen LogP contribution in [0.2, 0.25) is 5.82 Å². The number of fused-ring (bicyclic) bond motifs is 1. The molecular weight excluding hydrogens is 440 g/mol. The zero-order valence-corrected chi connectivity index (χ0v) is 21.4. The fraction of sp³-hybridized carbons (Fsp3) is 0.393. The van der Waals surface area contributed by atoms with Crippen molar-refractivity contribution in [3.8, 4) is 0 Å². The van der Waals surface area contributed by atoms with Gasteiger partial charge in [0.15, 0.2) is 0 Å².